The van der Waals surface area contributed by atoms with Crippen LogP contribution in [0.5, 0.6) is 0 Å². The number of carbonyl (C=O) groups excluding carboxylic acids is 1. The highest BCUT2D eigenvalue weighted by molar-refractivity contribution is 6.05. The molecule has 1 heterocycles. The van der Waals surface area contributed by atoms with Crippen LogP contribution in [-0.2, 0) is 0 Å². The monoisotopic (exact) mass is 393 g/mol. The molecule has 0 saturated heterocycles. The maximum Gasteiger partial charge on any atom is 0.291 e. The molecule has 0 unspecified atom stereocenters. The number of furan rings is 1. The van der Waals surface area contributed by atoms with Crippen LogP contribution >= 0.6 is 24.8 Å². The molecule has 9 heteroatoms. The quantitative estimate of drug-likeness (QED) is 0.342. The van der Waals surface area contributed by atoms with Gasteiger partial charge in [0.15, 0.2) is 5.76 Å². The van der Waals surface area contributed by atoms with Gasteiger partial charge in [-0.25, -0.2) is 0 Å². The largest absolute Gasteiger partial charge is 0.451 e. The fourth-order valence-corrected chi connectivity index (χ4v) is 2.24. The second-order valence-electron chi connectivity index (χ2n) is 5.22. The van der Waals surface area contributed by atoms with Crippen molar-refractivity contribution in [2.45, 2.75) is 0 Å². The number of rotatable bonds is 4. The molecule has 0 aliphatic carbocycles. The van der Waals surface area contributed by atoms with E-state index in [0.717, 1.165) is 5.39 Å². The molecule has 1 aromatic heterocycles. The Labute approximate surface area is 161 Å². The standard InChI is InChI=1S/C17H15N5O2.2ClH/c18-15(19)9-3-5-12(6-4-9)22-17(23)14-7-10-1-2-11(16(20)21)8-13(10)24-14;;/h1-8H,(H3,18,19)(H3,20,21)(H,22,23);2*1H. The second-order valence-corrected chi connectivity index (χ2v) is 5.22. The van der Waals surface area contributed by atoms with Crippen molar-refractivity contribution in [3.63, 3.8) is 0 Å². The summed E-state index contributed by atoms with van der Waals surface area (Å²) in [6, 6.07) is 13.3. The van der Waals surface area contributed by atoms with Crippen LogP contribution < -0.4 is 16.8 Å². The van der Waals surface area contributed by atoms with Gasteiger partial charge in [0.05, 0.1) is 0 Å². The topological polar surface area (TPSA) is 142 Å². The lowest BCUT2D eigenvalue weighted by Gasteiger charge is -2.04. The van der Waals surface area contributed by atoms with Gasteiger partial charge in [0.1, 0.15) is 17.3 Å². The van der Waals surface area contributed by atoms with Crippen molar-refractivity contribution in [3.8, 4) is 0 Å². The van der Waals surface area contributed by atoms with E-state index in [4.69, 9.17) is 26.7 Å². The molecule has 0 aliphatic rings. The van der Waals surface area contributed by atoms with E-state index in [1.807, 2.05) is 0 Å². The van der Waals surface area contributed by atoms with E-state index in [0.29, 0.717) is 22.4 Å². The second kappa shape index (κ2) is 8.37. The van der Waals surface area contributed by atoms with Crippen LogP contribution in [0.1, 0.15) is 21.7 Å². The zero-order chi connectivity index (χ0) is 17.3. The number of halogens is 2. The van der Waals surface area contributed by atoms with Crippen LogP contribution in [0.4, 0.5) is 5.69 Å². The third kappa shape index (κ3) is 4.33. The SMILES string of the molecule is Cl.Cl.N=C(N)c1ccc(NC(=O)c2cc3ccc(C(=N)N)cc3o2)cc1. The maximum absolute atomic E-state index is 12.3. The molecule has 0 bridgehead atoms. The summed E-state index contributed by atoms with van der Waals surface area (Å²) < 4.78 is 5.54. The van der Waals surface area contributed by atoms with Crippen LogP contribution in [0.25, 0.3) is 11.0 Å². The highest BCUT2D eigenvalue weighted by Gasteiger charge is 2.13. The Kier molecular flexibility index (Phi) is 6.77. The predicted octanol–water partition coefficient (Wildman–Crippen LogP) is 3.10. The summed E-state index contributed by atoms with van der Waals surface area (Å²) in [4.78, 5) is 12.3. The number of hydrogen-bond donors (Lipinski definition) is 5. The predicted molar refractivity (Wildman–Crippen MR) is 107 cm³/mol. The molecule has 0 aliphatic heterocycles. The lowest BCUT2D eigenvalue weighted by atomic mass is 10.1. The van der Waals surface area contributed by atoms with Gasteiger partial charge >= 0.3 is 0 Å². The van der Waals surface area contributed by atoms with Crippen molar-refractivity contribution < 1.29 is 9.21 Å². The molecule has 0 atom stereocenters. The number of hydrogen-bond acceptors (Lipinski definition) is 4. The van der Waals surface area contributed by atoms with E-state index in [9.17, 15) is 4.79 Å². The number of nitrogens with one attached hydrogen (secondary N) is 3. The van der Waals surface area contributed by atoms with Gasteiger partial charge < -0.3 is 21.2 Å². The van der Waals surface area contributed by atoms with Crippen molar-refractivity contribution in [2.24, 2.45) is 11.5 Å². The minimum atomic E-state index is -0.397. The van der Waals surface area contributed by atoms with Crippen LogP contribution in [-0.4, -0.2) is 17.6 Å². The fourth-order valence-electron chi connectivity index (χ4n) is 2.24. The van der Waals surface area contributed by atoms with Crippen molar-refractivity contribution in [1.29, 1.82) is 10.8 Å². The first-order valence-electron chi connectivity index (χ1n) is 7.08. The number of carbonyl (C=O) groups is 1. The average molecular weight is 394 g/mol. The first kappa shape index (κ1) is 21.0. The molecule has 136 valence electrons. The molecular weight excluding hydrogens is 377 g/mol. The van der Waals surface area contributed by atoms with Gasteiger partial charge in [0.2, 0.25) is 0 Å². The molecule has 3 rings (SSSR count). The molecule has 7 N–H and O–H groups in total. The lowest BCUT2D eigenvalue weighted by molar-refractivity contribution is 0.0998. The molecule has 0 spiro atoms. The highest BCUT2D eigenvalue weighted by Crippen LogP contribution is 2.22. The smallest absolute Gasteiger partial charge is 0.291 e. The Bertz CT molecular complexity index is 967. The van der Waals surface area contributed by atoms with Gasteiger partial charge in [-0.3, -0.25) is 15.6 Å². The lowest BCUT2D eigenvalue weighted by Crippen LogP contribution is -2.13. The summed E-state index contributed by atoms with van der Waals surface area (Å²) >= 11 is 0. The number of nitrogen functional groups attached to an aromatic ring is 2. The van der Waals surface area contributed by atoms with E-state index in [2.05, 4.69) is 5.32 Å². The van der Waals surface area contributed by atoms with Gasteiger partial charge in [-0.1, -0.05) is 12.1 Å². The minimum absolute atomic E-state index is 0. The molecule has 2 aromatic carbocycles. The summed E-state index contributed by atoms with van der Waals surface area (Å²) in [7, 11) is 0. The Morgan fingerprint density at radius 1 is 0.885 bits per heavy atom. The Balaban J connectivity index is 0.00000169. The van der Waals surface area contributed by atoms with Crippen LogP contribution in [0.2, 0.25) is 0 Å². The van der Waals surface area contributed by atoms with Gasteiger partial charge in [-0.2, -0.15) is 0 Å². The summed E-state index contributed by atoms with van der Waals surface area (Å²) in [6.45, 7) is 0. The van der Waals surface area contributed by atoms with Crippen molar-refractivity contribution in [1.82, 2.24) is 0 Å². The van der Waals surface area contributed by atoms with Gasteiger partial charge in [0, 0.05) is 22.2 Å². The molecule has 0 saturated carbocycles. The number of nitrogens with two attached hydrogens (primary N) is 2. The first-order valence-corrected chi connectivity index (χ1v) is 7.08. The Hall–Kier alpha value is -3.03. The third-order valence-electron chi connectivity index (χ3n) is 3.51. The molecule has 0 radical (unpaired) electrons. The molecule has 3 aromatic rings. The molecule has 26 heavy (non-hydrogen) atoms. The molecular formula is C17H17Cl2N5O2. The number of fused-ring (bicyclic) bond motifs is 1. The van der Waals surface area contributed by atoms with E-state index in [-0.39, 0.29) is 42.2 Å². The zero-order valence-electron chi connectivity index (χ0n) is 13.4. The van der Waals surface area contributed by atoms with Gasteiger partial charge in [-0.05, 0) is 36.4 Å². The first-order chi connectivity index (χ1) is 11.4. The zero-order valence-corrected chi connectivity index (χ0v) is 15.0. The van der Waals surface area contributed by atoms with Crippen LogP contribution in [0, 0.1) is 10.8 Å². The number of benzene rings is 2. The summed E-state index contributed by atoms with van der Waals surface area (Å²) in [5.74, 6) is -0.344. The van der Waals surface area contributed by atoms with E-state index >= 15 is 0 Å². The number of amides is 1. The third-order valence-corrected chi connectivity index (χ3v) is 3.51. The molecule has 7 nitrogen and oxygen atoms in total. The normalized spacial score (nSPS) is 9.69. The van der Waals surface area contributed by atoms with Gasteiger partial charge in [-0.15, -0.1) is 24.8 Å². The highest BCUT2D eigenvalue weighted by atomic mass is 35.5. The van der Waals surface area contributed by atoms with Crippen molar-refractivity contribution in [2.75, 3.05) is 5.32 Å². The average Bonchev–Trinajstić information content (AvgIpc) is 2.98. The molecule has 1 amide bonds. The molecule has 0 fully saturated rings. The van der Waals surface area contributed by atoms with E-state index in [1.54, 1.807) is 48.5 Å². The van der Waals surface area contributed by atoms with Crippen molar-refractivity contribution in [3.05, 3.63) is 65.4 Å². The summed E-state index contributed by atoms with van der Waals surface area (Å²) in [5, 5.41) is 18.2. The number of anilines is 1. The van der Waals surface area contributed by atoms with E-state index < -0.39 is 5.91 Å². The Morgan fingerprint density at radius 2 is 1.46 bits per heavy atom. The summed E-state index contributed by atoms with van der Waals surface area (Å²) in [6.07, 6.45) is 0. The fraction of sp³-hybridized carbons (Fsp3) is 0. The van der Waals surface area contributed by atoms with Crippen LogP contribution in [0.3, 0.4) is 0 Å². The number of amidine groups is 2. The Morgan fingerprint density at radius 3 is 2.04 bits per heavy atom. The minimum Gasteiger partial charge on any atom is -0.451 e. The van der Waals surface area contributed by atoms with E-state index in [1.165, 1.54) is 0 Å². The van der Waals surface area contributed by atoms with Gasteiger partial charge in [0.25, 0.3) is 5.91 Å². The van der Waals surface area contributed by atoms with Crippen molar-refractivity contribution >= 4 is 59.0 Å². The summed E-state index contributed by atoms with van der Waals surface area (Å²) in [5.41, 5.74) is 13.0. The maximum atomic E-state index is 12.3. The van der Waals surface area contributed by atoms with Crippen LogP contribution in [0.15, 0.2) is 52.9 Å².